The first kappa shape index (κ1) is 14.4. The average molecular weight is 295 g/mol. The molecule has 0 spiro atoms. The summed E-state index contributed by atoms with van der Waals surface area (Å²) in [5.41, 5.74) is 1.06. The van der Waals surface area contributed by atoms with Crippen molar-refractivity contribution >= 4 is 15.7 Å². The van der Waals surface area contributed by atoms with Crippen LogP contribution in [0.3, 0.4) is 0 Å². The summed E-state index contributed by atoms with van der Waals surface area (Å²) in [7, 11) is -1.48. The predicted octanol–water partition coefficient (Wildman–Crippen LogP) is 0.577. The molecule has 1 N–H and O–H groups in total. The van der Waals surface area contributed by atoms with Crippen molar-refractivity contribution in [2.75, 3.05) is 18.1 Å². The third-order valence-corrected chi connectivity index (χ3v) is 3.97. The molecule has 108 valence electrons. The summed E-state index contributed by atoms with van der Waals surface area (Å²) in [6.45, 7) is 2.29. The molecule has 0 fully saturated rings. The van der Waals surface area contributed by atoms with Crippen LogP contribution in [-0.2, 0) is 23.3 Å². The van der Waals surface area contributed by atoms with E-state index in [4.69, 9.17) is 0 Å². The van der Waals surface area contributed by atoms with E-state index >= 15 is 0 Å². The highest BCUT2D eigenvalue weighted by atomic mass is 32.2. The van der Waals surface area contributed by atoms with E-state index in [0.29, 0.717) is 18.2 Å². The van der Waals surface area contributed by atoms with Crippen molar-refractivity contribution in [3.8, 4) is 0 Å². The molecule has 0 saturated heterocycles. The SMILES string of the molecule is Cc1ncc(S(C)(=O)=O)c(NCCc2ccnn2C)n1. The molecule has 0 aliphatic heterocycles. The molecule has 0 amide bonds. The topological polar surface area (TPSA) is 89.8 Å². The van der Waals surface area contributed by atoms with E-state index in [9.17, 15) is 8.42 Å². The molecule has 0 aliphatic carbocycles. The van der Waals surface area contributed by atoms with Gasteiger partial charge in [0.15, 0.2) is 9.84 Å². The van der Waals surface area contributed by atoms with Crippen molar-refractivity contribution in [3.63, 3.8) is 0 Å². The maximum absolute atomic E-state index is 11.7. The van der Waals surface area contributed by atoms with Crippen LogP contribution in [0.15, 0.2) is 23.4 Å². The number of sulfone groups is 1. The first-order chi connectivity index (χ1) is 9.38. The predicted molar refractivity (Wildman–Crippen MR) is 75.3 cm³/mol. The Bertz CT molecular complexity index is 708. The van der Waals surface area contributed by atoms with Crippen molar-refractivity contribution < 1.29 is 8.42 Å². The average Bonchev–Trinajstić information content (AvgIpc) is 2.74. The molecule has 0 atom stereocenters. The Kier molecular flexibility index (Phi) is 4.03. The minimum absolute atomic E-state index is 0.119. The van der Waals surface area contributed by atoms with Gasteiger partial charge in [-0.1, -0.05) is 0 Å². The van der Waals surface area contributed by atoms with Gasteiger partial charge in [0, 0.05) is 38.2 Å². The molecule has 0 bridgehead atoms. The Balaban J connectivity index is 2.13. The lowest BCUT2D eigenvalue weighted by Gasteiger charge is -2.10. The quantitative estimate of drug-likeness (QED) is 0.867. The fourth-order valence-corrected chi connectivity index (χ4v) is 2.53. The molecule has 20 heavy (non-hydrogen) atoms. The molecular weight excluding hydrogens is 278 g/mol. The molecule has 0 aliphatic rings. The molecule has 7 nitrogen and oxygen atoms in total. The second-order valence-electron chi connectivity index (χ2n) is 4.53. The third kappa shape index (κ3) is 3.32. The normalized spacial score (nSPS) is 11.6. The molecule has 2 aromatic rings. The smallest absolute Gasteiger partial charge is 0.180 e. The first-order valence-corrected chi connectivity index (χ1v) is 8.01. The number of aromatic nitrogens is 4. The number of anilines is 1. The van der Waals surface area contributed by atoms with Crippen molar-refractivity contribution in [1.29, 1.82) is 0 Å². The van der Waals surface area contributed by atoms with Gasteiger partial charge < -0.3 is 5.32 Å². The van der Waals surface area contributed by atoms with E-state index in [0.717, 1.165) is 18.4 Å². The summed E-state index contributed by atoms with van der Waals surface area (Å²) in [5.74, 6) is 0.877. The van der Waals surface area contributed by atoms with Gasteiger partial charge in [0.1, 0.15) is 16.5 Å². The Morgan fingerprint density at radius 1 is 1.40 bits per heavy atom. The lowest BCUT2D eigenvalue weighted by Crippen LogP contribution is -2.13. The van der Waals surface area contributed by atoms with Crippen LogP contribution in [0.2, 0.25) is 0 Å². The van der Waals surface area contributed by atoms with E-state index in [1.807, 2.05) is 13.1 Å². The van der Waals surface area contributed by atoms with Gasteiger partial charge in [-0.3, -0.25) is 4.68 Å². The number of nitrogens with one attached hydrogen (secondary N) is 1. The number of hydrogen-bond donors (Lipinski definition) is 1. The van der Waals surface area contributed by atoms with Gasteiger partial charge in [-0.25, -0.2) is 18.4 Å². The van der Waals surface area contributed by atoms with Crippen LogP contribution in [0, 0.1) is 6.92 Å². The number of hydrogen-bond acceptors (Lipinski definition) is 6. The molecular formula is C12H17N5O2S. The molecule has 0 saturated carbocycles. The third-order valence-electron chi connectivity index (χ3n) is 2.87. The van der Waals surface area contributed by atoms with E-state index < -0.39 is 9.84 Å². The first-order valence-electron chi connectivity index (χ1n) is 6.12. The van der Waals surface area contributed by atoms with Crippen LogP contribution in [0.4, 0.5) is 5.82 Å². The molecule has 2 rings (SSSR count). The second kappa shape index (κ2) is 5.58. The van der Waals surface area contributed by atoms with E-state index in [-0.39, 0.29) is 4.90 Å². The van der Waals surface area contributed by atoms with E-state index in [1.54, 1.807) is 17.8 Å². The summed E-state index contributed by atoms with van der Waals surface area (Å²) >= 11 is 0. The van der Waals surface area contributed by atoms with Crippen LogP contribution in [0.25, 0.3) is 0 Å². The van der Waals surface area contributed by atoms with E-state index in [2.05, 4.69) is 20.4 Å². The van der Waals surface area contributed by atoms with Gasteiger partial charge in [0.2, 0.25) is 0 Å². The summed E-state index contributed by atoms with van der Waals surface area (Å²) in [5, 5.41) is 7.14. The van der Waals surface area contributed by atoms with Crippen LogP contribution in [0.5, 0.6) is 0 Å². The molecule has 0 aromatic carbocycles. The van der Waals surface area contributed by atoms with Crippen LogP contribution in [-0.4, -0.2) is 41.0 Å². The highest BCUT2D eigenvalue weighted by Gasteiger charge is 2.15. The van der Waals surface area contributed by atoms with Gasteiger partial charge in [-0.15, -0.1) is 0 Å². The molecule has 2 aromatic heterocycles. The zero-order valence-electron chi connectivity index (χ0n) is 11.7. The van der Waals surface area contributed by atoms with Crippen LogP contribution in [0.1, 0.15) is 11.5 Å². The largest absolute Gasteiger partial charge is 0.368 e. The maximum atomic E-state index is 11.7. The Morgan fingerprint density at radius 2 is 2.15 bits per heavy atom. The molecule has 0 unspecified atom stereocenters. The fraction of sp³-hybridized carbons (Fsp3) is 0.417. The van der Waals surface area contributed by atoms with Crippen molar-refractivity contribution in [2.45, 2.75) is 18.2 Å². The van der Waals surface area contributed by atoms with Gasteiger partial charge in [0.25, 0.3) is 0 Å². The minimum Gasteiger partial charge on any atom is -0.368 e. The summed E-state index contributed by atoms with van der Waals surface area (Å²) in [6.07, 6.45) is 4.94. The second-order valence-corrected chi connectivity index (χ2v) is 6.51. The van der Waals surface area contributed by atoms with Gasteiger partial charge in [0.05, 0.1) is 6.20 Å². The lowest BCUT2D eigenvalue weighted by molar-refractivity contribution is 0.601. The number of aryl methyl sites for hydroxylation is 2. The Morgan fingerprint density at radius 3 is 2.75 bits per heavy atom. The van der Waals surface area contributed by atoms with Crippen LogP contribution < -0.4 is 5.32 Å². The zero-order chi connectivity index (χ0) is 14.8. The highest BCUT2D eigenvalue weighted by molar-refractivity contribution is 7.90. The monoisotopic (exact) mass is 295 g/mol. The fourth-order valence-electron chi connectivity index (χ4n) is 1.81. The van der Waals surface area contributed by atoms with Crippen molar-refractivity contribution in [3.05, 3.63) is 30.0 Å². The van der Waals surface area contributed by atoms with Gasteiger partial charge >= 0.3 is 0 Å². The zero-order valence-corrected chi connectivity index (χ0v) is 12.5. The van der Waals surface area contributed by atoms with Crippen molar-refractivity contribution in [2.24, 2.45) is 7.05 Å². The van der Waals surface area contributed by atoms with Crippen molar-refractivity contribution in [1.82, 2.24) is 19.7 Å². The maximum Gasteiger partial charge on any atom is 0.180 e. The van der Waals surface area contributed by atoms with Crippen LogP contribution >= 0.6 is 0 Å². The van der Waals surface area contributed by atoms with Gasteiger partial charge in [-0.2, -0.15) is 5.10 Å². The Hall–Kier alpha value is -1.96. The molecule has 2 heterocycles. The van der Waals surface area contributed by atoms with Gasteiger partial charge in [-0.05, 0) is 13.0 Å². The minimum atomic E-state index is -3.35. The summed E-state index contributed by atoms with van der Waals surface area (Å²) < 4.78 is 25.1. The molecule has 0 radical (unpaired) electrons. The molecule has 8 heteroatoms. The highest BCUT2D eigenvalue weighted by Crippen LogP contribution is 2.17. The number of nitrogens with zero attached hydrogens (tertiary/aromatic N) is 4. The van der Waals surface area contributed by atoms with E-state index in [1.165, 1.54) is 6.20 Å². The lowest BCUT2D eigenvalue weighted by atomic mass is 10.3. The summed E-state index contributed by atoms with van der Waals surface area (Å²) in [6, 6.07) is 1.92. The standard InChI is InChI=1S/C12H17N5O2S/c1-9-14-8-11(20(3,18)19)12(16-9)13-6-4-10-5-7-15-17(10)2/h5,7-8H,4,6H2,1-3H3,(H,13,14,16). The summed E-state index contributed by atoms with van der Waals surface area (Å²) in [4.78, 5) is 8.21. The Labute approximate surface area is 118 Å². The number of rotatable bonds is 5.